The third kappa shape index (κ3) is 1.89. The number of anilines is 1. The van der Waals surface area contributed by atoms with Gasteiger partial charge in [-0.2, -0.15) is 0 Å². The van der Waals surface area contributed by atoms with Crippen LogP contribution in [0.25, 0.3) is 16.7 Å². The minimum absolute atomic E-state index is 0.143. The molecule has 0 fully saturated rings. The van der Waals surface area contributed by atoms with E-state index in [1.54, 1.807) is 0 Å². The summed E-state index contributed by atoms with van der Waals surface area (Å²) in [5.74, 6) is 0.0222. The van der Waals surface area contributed by atoms with Gasteiger partial charge in [-0.25, -0.2) is 9.97 Å². The zero-order chi connectivity index (χ0) is 13.4. The van der Waals surface area contributed by atoms with Crippen LogP contribution in [0.2, 0.25) is 0 Å². The van der Waals surface area contributed by atoms with Crippen molar-refractivity contribution in [3.63, 3.8) is 0 Å². The van der Waals surface area contributed by atoms with Crippen LogP contribution in [0.5, 0.6) is 0 Å². The van der Waals surface area contributed by atoms with E-state index in [1.807, 2.05) is 35.0 Å². The van der Waals surface area contributed by atoms with Crippen LogP contribution in [0, 0.1) is 0 Å². The van der Waals surface area contributed by atoms with E-state index in [0.717, 1.165) is 10.9 Å². The lowest BCUT2D eigenvalue weighted by Crippen LogP contribution is -2.13. The minimum atomic E-state index is -0.593. The Morgan fingerprint density at radius 1 is 1.16 bits per heavy atom. The SMILES string of the molecule is NC(=O)c1cnc(-n2ccc3cc(N)ccc32)cn1. The zero-order valence-corrected chi connectivity index (χ0v) is 9.95. The highest BCUT2D eigenvalue weighted by molar-refractivity contribution is 5.90. The van der Waals surface area contributed by atoms with Gasteiger partial charge in [0.25, 0.3) is 5.91 Å². The molecule has 0 saturated carbocycles. The van der Waals surface area contributed by atoms with Gasteiger partial charge < -0.3 is 11.5 Å². The third-order valence-electron chi connectivity index (χ3n) is 2.85. The zero-order valence-electron chi connectivity index (χ0n) is 9.95. The molecule has 4 N–H and O–H groups in total. The molecule has 1 amide bonds. The van der Waals surface area contributed by atoms with Gasteiger partial charge in [0.05, 0.1) is 17.9 Å². The smallest absolute Gasteiger partial charge is 0.268 e. The van der Waals surface area contributed by atoms with E-state index in [0.29, 0.717) is 11.5 Å². The Morgan fingerprint density at radius 3 is 2.68 bits per heavy atom. The Balaban J connectivity index is 2.11. The van der Waals surface area contributed by atoms with E-state index in [1.165, 1.54) is 12.4 Å². The molecular weight excluding hydrogens is 242 g/mol. The molecule has 0 aliphatic rings. The Morgan fingerprint density at radius 2 is 2.00 bits per heavy atom. The van der Waals surface area contributed by atoms with Crippen molar-refractivity contribution >= 4 is 22.5 Å². The number of nitrogens with two attached hydrogens (primary N) is 2. The molecule has 6 nitrogen and oxygen atoms in total. The molecular formula is C13H11N5O. The summed E-state index contributed by atoms with van der Waals surface area (Å²) in [7, 11) is 0. The molecule has 3 rings (SSSR count). The highest BCUT2D eigenvalue weighted by Gasteiger charge is 2.07. The Kier molecular flexibility index (Phi) is 2.42. The standard InChI is InChI=1S/C13H11N5O/c14-9-1-2-11-8(5-9)3-4-18(11)12-7-16-10(6-17-12)13(15)19/h1-7H,14H2,(H2,15,19). The maximum absolute atomic E-state index is 10.9. The number of nitrogens with zero attached hydrogens (tertiary/aromatic N) is 3. The lowest BCUT2D eigenvalue weighted by molar-refractivity contribution is 0.0995. The summed E-state index contributed by atoms with van der Waals surface area (Å²) >= 11 is 0. The van der Waals surface area contributed by atoms with Crippen molar-refractivity contribution in [1.29, 1.82) is 0 Å². The van der Waals surface area contributed by atoms with E-state index in [2.05, 4.69) is 9.97 Å². The summed E-state index contributed by atoms with van der Waals surface area (Å²) in [6.45, 7) is 0. The van der Waals surface area contributed by atoms with Gasteiger partial charge in [-0.3, -0.25) is 9.36 Å². The molecule has 2 heterocycles. The normalized spacial score (nSPS) is 10.7. The fourth-order valence-corrected chi connectivity index (χ4v) is 1.93. The van der Waals surface area contributed by atoms with Gasteiger partial charge in [0.1, 0.15) is 5.69 Å². The first-order chi connectivity index (χ1) is 9.15. The molecule has 94 valence electrons. The van der Waals surface area contributed by atoms with E-state index in [-0.39, 0.29) is 5.69 Å². The Bertz CT molecular complexity index is 760. The van der Waals surface area contributed by atoms with Crippen LogP contribution in [-0.4, -0.2) is 20.4 Å². The topological polar surface area (TPSA) is 99.8 Å². The molecule has 6 heteroatoms. The maximum Gasteiger partial charge on any atom is 0.268 e. The van der Waals surface area contributed by atoms with Crippen LogP contribution < -0.4 is 11.5 Å². The summed E-state index contributed by atoms with van der Waals surface area (Å²) in [5, 5.41) is 1.01. The predicted molar refractivity (Wildman–Crippen MR) is 71.8 cm³/mol. The van der Waals surface area contributed by atoms with Crippen molar-refractivity contribution in [2.75, 3.05) is 5.73 Å². The van der Waals surface area contributed by atoms with Crippen LogP contribution in [0.1, 0.15) is 10.5 Å². The summed E-state index contributed by atoms with van der Waals surface area (Å²) in [6.07, 6.45) is 4.74. The number of amides is 1. The van der Waals surface area contributed by atoms with E-state index < -0.39 is 5.91 Å². The quantitative estimate of drug-likeness (QED) is 0.668. The number of rotatable bonds is 2. The second kappa shape index (κ2) is 4.09. The van der Waals surface area contributed by atoms with Crippen LogP contribution in [-0.2, 0) is 0 Å². The molecule has 2 aromatic heterocycles. The average Bonchev–Trinajstić information content (AvgIpc) is 2.81. The third-order valence-corrected chi connectivity index (χ3v) is 2.85. The first-order valence-corrected chi connectivity index (χ1v) is 5.64. The summed E-state index contributed by atoms with van der Waals surface area (Å²) in [4.78, 5) is 19.1. The number of hydrogen-bond acceptors (Lipinski definition) is 4. The van der Waals surface area contributed by atoms with Gasteiger partial charge in [0.15, 0.2) is 5.82 Å². The number of fused-ring (bicyclic) bond motifs is 1. The van der Waals surface area contributed by atoms with Gasteiger partial charge in [-0.15, -0.1) is 0 Å². The number of hydrogen-bond donors (Lipinski definition) is 2. The van der Waals surface area contributed by atoms with Crippen molar-refractivity contribution < 1.29 is 4.79 Å². The van der Waals surface area contributed by atoms with Gasteiger partial charge in [-0.05, 0) is 24.3 Å². The predicted octanol–water partition coefficient (Wildman–Crippen LogP) is 1.10. The molecule has 0 unspecified atom stereocenters. The minimum Gasteiger partial charge on any atom is -0.399 e. The largest absolute Gasteiger partial charge is 0.399 e. The van der Waals surface area contributed by atoms with Gasteiger partial charge in [0.2, 0.25) is 0 Å². The fourth-order valence-electron chi connectivity index (χ4n) is 1.93. The lowest BCUT2D eigenvalue weighted by atomic mass is 10.2. The summed E-state index contributed by atoms with van der Waals surface area (Å²) in [6, 6.07) is 7.56. The molecule has 3 aromatic rings. The monoisotopic (exact) mass is 253 g/mol. The molecule has 0 bridgehead atoms. The molecule has 19 heavy (non-hydrogen) atoms. The van der Waals surface area contributed by atoms with Crippen LogP contribution in [0.3, 0.4) is 0 Å². The highest BCUT2D eigenvalue weighted by Crippen LogP contribution is 2.21. The van der Waals surface area contributed by atoms with Gasteiger partial charge >= 0.3 is 0 Å². The van der Waals surface area contributed by atoms with Gasteiger partial charge in [0, 0.05) is 17.3 Å². The van der Waals surface area contributed by atoms with Crippen molar-refractivity contribution in [2.45, 2.75) is 0 Å². The average molecular weight is 253 g/mol. The first-order valence-electron chi connectivity index (χ1n) is 5.64. The molecule has 0 aliphatic heterocycles. The number of carbonyl (C=O) groups excluding carboxylic acids is 1. The Labute approximate surface area is 108 Å². The maximum atomic E-state index is 10.9. The van der Waals surface area contributed by atoms with Crippen molar-refractivity contribution in [3.05, 3.63) is 48.5 Å². The molecule has 0 radical (unpaired) electrons. The van der Waals surface area contributed by atoms with Crippen LogP contribution >= 0.6 is 0 Å². The van der Waals surface area contributed by atoms with Crippen molar-refractivity contribution in [2.24, 2.45) is 5.73 Å². The van der Waals surface area contributed by atoms with Crippen molar-refractivity contribution in [3.8, 4) is 5.82 Å². The molecule has 0 atom stereocenters. The first kappa shape index (κ1) is 11.2. The van der Waals surface area contributed by atoms with Crippen molar-refractivity contribution in [1.82, 2.24) is 14.5 Å². The van der Waals surface area contributed by atoms with Crippen LogP contribution in [0.15, 0.2) is 42.9 Å². The number of primary amides is 1. The second-order valence-corrected chi connectivity index (χ2v) is 4.13. The number of nitrogen functional groups attached to an aromatic ring is 1. The highest BCUT2D eigenvalue weighted by atomic mass is 16.1. The number of aromatic nitrogens is 3. The molecule has 1 aromatic carbocycles. The number of benzene rings is 1. The van der Waals surface area contributed by atoms with E-state index in [4.69, 9.17) is 11.5 Å². The fraction of sp³-hybridized carbons (Fsp3) is 0. The molecule has 0 saturated heterocycles. The van der Waals surface area contributed by atoms with Gasteiger partial charge in [-0.1, -0.05) is 0 Å². The molecule has 0 aliphatic carbocycles. The van der Waals surface area contributed by atoms with E-state index >= 15 is 0 Å². The van der Waals surface area contributed by atoms with E-state index in [9.17, 15) is 4.79 Å². The lowest BCUT2D eigenvalue weighted by Gasteiger charge is -2.04. The second-order valence-electron chi connectivity index (χ2n) is 4.13. The summed E-state index contributed by atoms with van der Waals surface area (Å²) < 4.78 is 1.87. The van der Waals surface area contributed by atoms with Crippen LogP contribution in [0.4, 0.5) is 5.69 Å². The summed E-state index contributed by atoms with van der Waals surface area (Å²) in [5.41, 5.74) is 12.7. The Hall–Kier alpha value is -2.89. The number of carbonyl (C=O) groups is 1. The molecule has 0 spiro atoms.